The molecule has 0 radical (unpaired) electrons. The van der Waals surface area contributed by atoms with Crippen LogP contribution in [0.2, 0.25) is 0 Å². The number of hydrogen-bond donors (Lipinski definition) is 1. The third kappa shape index (κ3) is 3.61. The van der Waals surface area contributed by atoms with E-state index in [0.29, 0.717) is 5.92 Å². The molecule has 1 aromatic heterocycles. The highest BCUT2D eigenvalue weighted by molar-refractivity contribution is 5.32. The lowest BCUT2D eigenvalue weighted by atomic mass is 9.91. The minimum absolute atomic E-state index is 0.349. The van der Waals surface area contributed by atoms with Crippen molar-refractivity contribution in [2.45, 2.75) is 12.5 Å². The van der Waals surface area contributed by atoms with E-state index in [1.165, 1.54) is 11.1 Å². The molecule has 3 rings (SSSR count). The molecule has 0 aliphatic heterocycles. The smallest absolute Gasteiger partial charge is 0.117 e. The first-order valence-electron chi connectivity index (χ1n) is 7.26. The molecule has 106 valence electrons. The maximum Gasteiger partial charge on any atom is 0.117 e. The number of hydrogen-bond acceptors (Lipinski definition) is 2. The van der Waals surface area contributed by atoms with Crippen LogP contribution in [-0.4, -0.2) is 6.54 Å². The van der Waals surface area contributed by atoms with E-state index in [1.54, 1.807) is 6.26 Å². The summed E-state index contributed by atoms with van der Waals surface area (Å²) >= 11 is 0. The van der Waals surface area contributed by atoms with Gasteiger partial charge in [0.15, 0.2) is 0 Å². The summed E-state index contributed by atoms with van der Waals surface area (Å²) in [5.74, 6) is 1.32. The first kappa shape index (κ1) is 13.7. The van der Waals surface area contributed by atoms with Crippen LogP contribution in [0.3, 0.4) is 0 Å². The molecular formula is C19H19NO. The Morgan fingerprint density at radius 3 is 1.90 bits per heavy atom. The molecule has 0 amide bonds. The Kier molecular flexibility index (Phi) is 4.49. The van der Waals surface area contributed by atoms with E-state index in [4.69, 9.17) is 4.42 Å². The molecule has 0 aliphatic carbocycles. The van der Waals surface area contributed by atoms with Gasteiger partial charge in [-0.3, -0.25) is 0 Å². The summed E-state index contributed by atoms with van der Waals surface area (Å²) in [6.07, 6.45) is 1.71. The summed E-state index contributed by atoms with van der Waals surface area (Å²) in [5.41, 5.74) is 2.66. The van der Waals surface area contributed by atoms with E-state index < -0.39 is 0 Å². The van der Waals surface area contributed by atoms with Gasteiger partial charge in [0.1, 0.15) is 5.76 Å². The van der Waals surface area contributed by atoms with Gasteiger partial charge in [0.2, 0.25) is 0 Å². The second-order valence-corrected chi connectivity index (χ2v) is 5.08. The fourth-order valence-electron chi connectivity index (χ4n) is 2.55. The zero-order valence-corrected chi connectivity index (χ0v) is 11.9. The van der Waals surface area contributed by atoms with Gasteiger partial charge >= 0.3 is 0 Å². The molecule has 3 aromatic rings. The third-order valence-electron chi connectivity index (χ3n) is 3.63. The van der Waals surface area contributed by atoms with E-state index in [1.807, 2.05) is 12.1 Å². The number of rotatable bonds is 6. The summed E-state index contributed by atoms with van der Waals surface area (Å²) in [6, 6.07) is 25.2. The van der Waals surface area contributed by atoms with Crippen molar-refractivity contribution in [3.63, 3.8) is 0 Å². The molecule has 0 atom stereocenters. The van der Waals surface area contributed by atoms with Crippen LogP contribution in [0.5, 0.6) is 0 Å². The van der Waals surface area contributed by atoms with Crippen molar-refractivity contribution in [1.29, 1.82) is 0 Å². The Morgan fingerprint density at radius 1 is 0.762 bits per heavy atom. The molecule has 0 bridgehead atoms. The lowest BCUT2D eigenvalue weighted by Crippen LogP contribution is -2.21. The van der Waals surface area contributed by atoms with Gasteiger partial charge in [-0.1, -0.05) is 60.7 Å². The average molecular weight is 277 g/mol. The molecule has 1 heterocycles. The Bertz CT molecular complexity index is 592. The highest BCUT2D eigenvalue weighted by atomic mass is 16.3. The topological polar surface area (TPSA) is 25.2 Å². The van der Waals surface area contributed by atoms with E-state index in [-0.39, 0.29) is 0 Å². The molecule has 0 aliphatic rings. The highest BCUT2D eigenvalue weighted by Gasteiger charge is 2.13. The van der Waals surface area contributed by atoms with Crippen LogP contribution in [0, 0.1) is 0 Å². The van der Waals surface area contributed by atoms with E-state index >= 15 is 0 Å². The number of benzene rings is 2. The molecule has 0 spiro atoms. The predicted octanol–water partition coefficient (Wildman–Crippen LogP) is 4.20. The molecule has 2 aromatic carbocycles. The number of nitrogens with one attached hydrogen (secondary N) is 1. The van der Waals surface area contributed by atoms with Gasteiger partial charge in [-0.05, 0) is 23.3 Å². The van der Waals surface area contributed by atoms with Crippen molar-refractivity contribution >= 4 is 0 Å². The average Bonchev–Trinajstić information content (AvgIpc) is 3.07. The zero-order chi connectivity index (χ0) is 14.3. The summed E-state index contributed by atoms with van der Waals surface area (Å²) in [5, 5.41) is 3.49. The fraction of sp³-hybridized carbons (Fsp3) is 0.158. The molecule has 2 heteroatoms. The van der Waals surface area contributed by atoms with Gasteiger partial charge in [-0.15, -0.1) is 0 Å². The van der Waals surface area contributed by atoms with Gasteiger partial charge in [-0.2, -0.15) is 0 Å². The summed E-state index contributed by atoms with van der Waals surface area (Å²) < 4.78 is 5.36. The van der Waals surface area contributed by atoms with Crippen molar-refractivity contribution in [3.8, 4) is 0 Å². The molecule has 0 saturated carbocycles. The quantitative estimate of drug-likeness (QED) is 0.730. The predicted molar refractivity (Wildman–Crippen MR) is 85.1 cm³/mol. The lowest BCUT2D eigenvalue weighted by Gasteiger charge is -2.18. The Morgan fingerprint density at radius 2 is 1.38 bits per heavy atom. The van der Waals surface area contributed by atoms with Gasteiger partial charge in [0.05, 0.1) is 12.8 Å². The molecule has 1 N–H and O–H groups in total. The third-order valence-corrected chi connectivity index (χ3v) is 3.63. The van der Waals surface area contributed by atoms with Crippen LogP contribution in [0.1, 0.15) is 22.8 Å². The Hall–Kier alpha value is -2.32. The first-order chi connectivity index (χ1) is 10.4. The van der Waals surface area contributed by atoms with Crippen molar-refractivity contribution < 1.29 is 4.42 Å². The summed E-state index contributed by atoms with van der Waals surface area (Å²) in [7, 11) is 0. The zero-order valence-electron chi connectivity index (χ0n) is 11.9. The van der Waals surface area contributed by atoms with Crippen LogP contribution in [0.4, 0.5) is 0 Å². The van der Waals surface area contributed by atoms with Crippen molar-refractivity contribution in [1.82, 2.24) is 5.32 Å². The van der Waals surface area contributed by atoms with E-state index in [9.17, 15) is 0 Å². The van der Waals surface area contributed by atoms with Crippen LogP contribution in [-0.2, 0) is 6.54 Å². The molecule has 21 heavy (non-hydrogen) atoms. The Labute approximate surface area is 125 Å². The molecule has 0 unspecified atom stereocenters. The maximum absolute atomic E-state index is 5.36. The van der Waals surface area contributed by atoms with Gasteiger partial charge in [-0.25, -0.2) is 0 Å². The lowest BCUT2D eigenvalue weighted by molar-refractivity contribution is 0.479. The maximum atomic E-state index is 5.36. The standard InChI is InChI=1S/C19H19NO/c1-3-8-16(9-4-1)19(17-10-5-2-6-11-17)15-20-14-18-12-7-13-21-18/h1-13,19-20H,14-15H2. The summed E-state index contributed by atoms with van der Waals surface area (Å²) in [4.78, 5) is 0. The van der Waals surface area contributed by atoms with Gasteiger partial charge in [0, 0.05) is 12.5 Å². The minimum atomic E-state index is 0.349. The van der Waals surface area contributed by atoms with Crippen molar-refractivity contribution in [3.05, 3.63) is 95.9 Å². The SMILES string of the molecule is c1ccc(C(CNCc2ccco2)c2ccccc2)cc1. The van der Waals surface area contributed by atoms with Gasteiger partial charge in [0.25, 0.3) is 0 Å². The van der Waals surface area contributed by atoms with Crippen LogP contribution < -0.4 is 5.32 Å². The van der Waals surface area contributed by atoms with Gasteiger partial charge < -0.3 is 9.73 Å². The van der Waals surface area contributed by atoms with Crippen molar-refractivity contribution in [2.75, 3.05) is 6.54 Å². The molecule has 0 saturated heterocycles. The molecular weight excluding hydrogens is 258 g/mol. The first-order valence-corrected chi connectivity index (χ1v) is 7.26. The van der Waals surface area contributed by atoms with E-state index in [0.717, 1.165) is 18.8 Å². The van der Waals surface area contributed by atoms with E-state index in [2.05, 4.69) is 66.0 Å². The fourth-order valence-corrected chi connectivity index (χ4v) is 2.55. The normalized spacial score (nSPS) is 10.9. The molecule has 0 fully saturated rings. The largest absolute Gasteiger partial charge is 0.468 e. The second kappa shape index (κ2) is 6.91. The van der Waals surface area contributed by atoms with Crippen molar-refractivity contribution in [2.24, 2.45) is 0 Å². The monoisotopic (exact) mass is 277 g/mol. The Balaban J connectivity index is 1.73. The van der Waals surface area contributed by atoms with Crippen LogP contribution >= 0.6 is 0 Å². The second-order valence-electron chi connectivity index (χ2n) is 5.08. The molecule has 2 nitrogen and oxygen atoms in total. The summed E-state index contributed by atoms with van der Waals surface area (Å²) in [6.45, 7) is 1.64. The van der Waals surface area contributed by atoms with Crippen LogP contribution in [0.25, 0.3) is 0 Å². The van der Waals surface area contributed by atoms with Crippen LogP contribution in [0.15, 0.2) is 83.5 Å². The highest BCUT2D eigenvalue weighted by Crippen LogP contribution is 2.23. The number of furan rings is 1. The minimum Gasteiger partial charge on any atom is -0.468 e.